The zero-order valence-corrected chi connectivity index (χ0v) is 16.4. The Hall–Kier alpha value is -2.82. The minimum Gasteiger partial charge on any atom is -0.480 e. The van der Waals surface area contributed by atoms with Crippen molar-refractivity contribution in [2.45, 2.75) is 70.2 Å². The summed E-state index contributed by atoms with van der Waals surface area (Å²) >= 11 is 0. The van der Waals surface area contributed by atoms with Crippen molar-refractivity contribution in [1.82, 2.24) is 10.3 Å². The van der Waals surface area contributed by atoms with E-state index in [2.05, 4.69) is 21.3 Å². The number of carbonyl (C=O) groups excluding carboxylic acids is 1. The van der Waals surface area contributed by atoms with Crippen molar-refractivity contribution >= 4 is 17.9 Å². The van der Waals surface area contributed by atoms with E-state index in [-0.39, 0.29) is 18.0 Å². The standard InChI is InChI=1S/C20H26N4O4/c1-20(2,3)28-19(27)23-17(18(25)26)13-8-14-5-6-15(9-13)24(14)16-7-4-12(10-21)11-22-16/h4,7,11,13-15,17H,5-6,8-9H2,1-3H3,(H,23,27)(H,25,26)/t13?,14?,15?,17-/m0/s1. The third-order valence-corrected chi connectivity index (χ3v) is 5.32. The fourth-order valence-corrected chi connectivity index (χ4v) is 4.29. The SMILES string of the molecule is CC(C)(C)OC(=O)N[C@H](C(=O)O)C1CC2CCC(C1)N2c1ccc(C#N)cn1. The number of nitriles is 1. The van der Waals surface area contributed by atoms with Gasteiger partial charge >= 0.3 is 12.1 Å². The number of carbonyl (C=O) groups is 2. The van der Waals surface area contributed by atoms with Gasteiger partial charge in [-0.1, -0.05) is 0 Å². The third-order valence-electron chi connectivity index (χ3n) is 5.32. The molecule has 8 nitrogen and oxygen atoms in total. The normalized spacial score (nSPS) is 24.9. The monoisotopic (exact) mass is 386 g/mol. The van der Waals surface area contributed by atoms with Gasteiger partial charge in [0.05, 0.1) is 5.56 Å². The van der Waals surface area contributed by atoms with Crippen molar-refractivity contribution in [3.63, 3.8) is 0 Å². The Bertz CT molecular complexity index is 767. The Morgan fingerprint density at radius 3 is 2.43 bits per heavy atom. The molecule has 2 bridgehead atoms. The van der Waals surface area contributed by atoms with Gasteiger partial charge in [0, 0.05) is 18.3 Å². The van der Waals surface area contributed by atoms with Crippen LogP contribution in [0.4, 0.5) is 10.6 Å². The minimum atomic E-state index is -1.04. The molecule has 8 heteroatoms. The first-order valence-corrected chi connectivity index (χ1v) is 9.55. The predicted octanol–water partition coefficient (Wildman–Crippen LogP) is 2.68. The van der Waals surface area contributed by atoms with Crippen molar-refractivity contribution in [3.05, 3.63) is 23.9 Å². The van der Waals surface area contributed by atoms with E-state index in [9.17, 15) is 14.7 Å². The summed E-state index contributed by atoms with van der Waals surface area (Å²) in [5, 5.41) is 21.2. The van der Waals surface area contributed by atoms with Crippen molar-refractivity contribution in [2.24, 2.45) is 5.92 Å². The van der Waals surface area contributed by atoms with Crippen LogP contribution in [-0.2, 0) is 9.53 Å². The molecule has 3 atom stereocenters. The lowest BCUT2D eigenvalue weighted by molar-refractivity contribution is -0.141. The molecule has 3 heterocycles. The maximum absolute atomic E-state index is 12.1. The second-order valence-electron chi connectivity index (χ2n) is 8.50. The summed E-state index contributed by atoms with van der Waals surface area (Å²) in [4.78, 5) is 30.6. The number of amides is 1. The zero-order chi connectivity index (χ0) is 20.5. The summed E-state index contributed by atoms with van der Waals surface area (Å²) in [5.74, 6) is -0.394. The number of nitrogens with zero attached hydrogens (tertiary/aromatic N) is 3. The van der Waals surface area contributed by atoms with Gasteiger partial charge in [-0.05, 0) is 64.5 Å². The van der Waals surface area contributed by atoms with Crippen LogP contribution in [0.5, 0.6) is 0 Å². The number of nitrogens with one attached hydrogen (secondary N) is 1. The van der Waals surface area contributed by atoms with Crippen LogP contribution in [-0.4, -0.2) is 45.9 Å². The average Bonchev–Trinajstić information content (AvgIpc) is 2.87. The third kappa shape index (κ3) is 4.35. The molecular weight excluding hydrogens is 360 g/mol. The van der Waals surface area contributed by atoms with Gasteiger partial charge in [0.2, 0.25) is 0 Å². The zero-order valence-electron chi connectivity index (χ0n) is 16.4. The lowest BCUT2D eigenvalue weighted by Gasteiger charge is -2.41. The highest BCUT2D eigenvalue weighted by Crippen LogP contribution is 2.42. The van der Waals surface area contributed by atoms with E-state index in [1.54, 1.807) is 33.0 Å². The molecule has 2 saturated heterocycles. The molecule has 1 aromatic heterocycles. The van der Waals surface area contributed by atoms with Crippen molar-refractivity contribution < 1.29 is 19.4 Å². The maximum atomic E-state index is 12.1. The number of anilines is 1. The maximum Gasteiger partial charge on any atom is 0.408 e. The molecule has 1 amide bonds. The van der Waals surface area contributed by atoms with Gasteiger partial charge in [-0.15, -0.1) is 0 Å². The Morgan fingerprint density at radius 1 is 1.32 bits per heavy atom. The van der Waals surface area contributed by atoms with Crippen molar-refractivity contribution in [2.75, 3.05) is 4.90 Å². The smallest absolute Gasteiger partial charge is 0.408 e. The Kier molecular flexibility index (Phi) is 5.45. The quantitative estimate of drug-likeness (QED) is 0.817. The van der Waals surface area contributed by atoms with E-state index < -0.39 is 23.7 Å². The second kappa shape index (κ2) is 7.66. The number of fused-ring (bicyclic) bond motifs is 2. The summed E-state index contributed by atoms with van der Waals surface area (Å²) in [5.41, 5.74) is -0.171. The lowest BCUT2D eigenvalue weighted by Crippen LogP contribution is -2.53. The molecule has 2 fully saturated rings. The highest BCUT2D eigenvalue weighted by molar-refractivity contribution is 5.80. The first kappa shape index (κ1) is 19.9. The summed E-state index contributed by atoms with van der Waals surface area (Å²) in [7, 11) is 0. The van der Waals surface area contributed by atoms with Gasteiger partial charge < -0.3 is 20.1 Å². The molecule has 1 aromatic rings. The van der Waals surface area contributed by atoms with Crippen LogP contribution in [0.2, 0.25) is 0 Å². The molecule has 0 aromatic carbocycles. The van der Waals surface area contributed by atoms with Gasteiger partial charge in [-0.25, -0.2) is 14.6 Å². The Balaban J connectivity index is 1.71. The van der Waals surface area contributed by atoms with E-state index in [4.69, 9.17) is 10.00 Å². The molecule has 150 valence electrons. The summed E-state index contributed by atoms with van der Waals surface area (Å²) < 4.78 is 5.23. The molecule has 2 N–H and O–H groups in total. The van der Waals surface area contributed by atoms with E-state index in [0.29, 0.717) is 18.4 Å². The molecule has 0 spiro atoms. The van der Waals surface area contributed by atoms with Gasteiger partial charge in [0.15, 0.2) is 0 Å². The summed E-state index contributed by atoms with van der Waals surface area (Å²) in [6.07, 6.45) is 4.09. The lowest BCUT2D eigenvalue weighted by atomic mass is 9.84. The van der Waals surface area contributed by atoms with Crippen LogP contribution in [0, 0.1) is 17.2 Å². The predicted molar refractivity (Wildman–Crippen MR) is 102 cm³/mol. The minimum absolute atomic E-state index is 0.169. The number of aliphatic carboxylic acids is 1. The van der Waals surface area contributed by atoms with E-state index in [0.717, 1.165) is 18.7 Å². The fraction of sp³-hybridized carbons (Fsp3) is 0.600. The van der Waals surface area contributed by atoms with Crippen LogP contribution in [0.3, 0.4) is 0 Å². The first-order valence-electron chi connectivity index (χ1n) is 9.55. The number of carboxylic acids is 1. The number of aromatic nitrogens is 1. The van der Waals surface area contributed by atoms with Crippen LogP contribution >= 0.6 is 0 Å². The van der Waals surface area contributed by atoms with E-state index >= 15 is 0 Å². The van der Waals surface area contributed by atoms with Crippen molar-refractivity contribution in [1.29, 1.82) is 5.26 Å². The molecule has 28 heavy (non-hydrogen) atoms. The number of ether oxygens (including phenoxy) is 1. The molecule has 0 saturated carbocycles. The van der Waals surface area contributed by atoms with E-state index in [1.807, 2.05) is 6.07 Å². The van der Waals surface area contributed by atoms with Gasteiger partial charge in [-0.2, -0.15) is 5.26 Å². The number of alkyl carbamates (subject to hydrolysis) is 1. The first-order chi connectivity index (χ1) is 13.2. The molecule has 3 rings (SSSR count). The largest absolute Gasteiger partial charge is 0.480 e. The van der Waals surface area contributed by atoms with Crippen LogP contribution in [0.15, 0.2) is 18.3 Å². The van der Waals surface area contributed by atoms with Gasteiger partial charge in [-0.3, -0.25) is 0 Å². The number of hydrogen-bond acceptors (Lipinski definition) is 6. The topological polar surface area (TPSA) is 116 Å². The van der Waals surface area contributed by atoms with Crippen LogP contribution < -0.4 is 10.2 Å². The number of carboxylic acid groups (broad SMARTS) is 1. The Labute approximate surface area is 164 Å². The molecule has 2 unspecified atom stereocenters. The number of piperidine rings is 1. The highest BCUT2D eigenvalue weighted by Gasteiger charge is 2.45. The molecule has 0 aliphatic carbocycles. The molecule has 2 aliphatic rings. The number of rotatable bonds is 4. The van der Waals surface area contributed by atoms with Gasteiger partial charge in [0.25, 0.3) is 0 Å². The molecule has 0 radical (unpaired) electrons. The second-order valence-corrected chi connectivity index (χ2v) is 8.50. The van der Waals surface area contributed by atoms with Crippen LogP contribution in [0.25, 0.3) is 0 Å². The fourth-order valence-electron chi connectivity index (χ4n) is 4.29. The number of pyridine rings is 1. The summed E-state index contributed by atoms with van der Waals surface area (Å²) in [6, 6.07) is 5.03. The van der Waals surface area contributed by atoms with Gasteiger partial charge in [0.1, 0.15) is 23.5 Å². The highest BCUT2D eigenvalue weighted by atomic mass is 16.6. The molecular formula is C20H26N4O4. The Morgan fingerprint density at radius 2 is 1.96 bits per heavy atom. The summed E-state index contributed by atoms with van der Waals surface area (Å²) in [6.45, 7) is 5.23. The number of hydrogen-bond donors (Lipinski definition) is 2. The average molecular weight is 386 g/mol. The van der Waals surface area contributed by atoms with Crippen LogP contribution in [0.1, 0.15) is 52.0 Å². The molecule has 2 aliphatic heterocycles. The van der Waals surface area contributed by atoms with Crippen molar-refractivity contribution in [3.8, 4) is 6.07 Å². The van der Waals surface area contributed by atoms with E-state index in [1.165, 1.54) is 0 Å².